The molecule has 0 atom stereocenters. The van der Waals surface area contributed by atoms with E-state index < -0.39 is 22.4 Å². The van der Waals surface area contributed by atoms with Crippen molar-refractivity contribution in [2.45, 2.75) is 6.54 Å². The average Bonchev–Trinajstić information content (AvgIpc) is 2.37. The van der Waals surface area contributed by atoms with Crippen LogP contribution < -0.4 is 5.32 Å². The van der Waals surface area contributed by atoms with E-state index in [9.17, 15) is 23.3 Å². The lowest BCUT2D eigenvalue weighted by molar-refractivity contribution is -0.385. The topological polar surface area (TPSA) is 55.2 Å². The normalized spacial score (nSPS) is 10.3. The molecule has 2 aromatic rings. The number of nitrogens with one attached hydrogen (secondary N) is 1. The molecule has 7 heteroatoms. The summed E-state index contributed by atoms with van der Waals surface area (Å²) in [6, 6.07) is 5.89. The van der Waals surface area contributed by atoms with E-state index in [0.29, 0.717) is 6.07 Å². The first kappa shape index (κ1) is 13.9. The van der Waals surface area contributed by atoms with Gasteiger partial charge in [-0.05, 0) is 24.3 Å². The van der Waals surface area contributed by atoms with Crippen LogP contribution in [0.2, 0.25) is 0 Å². The van der Waals surface area contributed by atoms with Gasteiger partial charge in [-0.15, -0.1) is 0 Å². The summed E-state index contributed by atoms with van der Waals surface area (Å²) < 4.78 is 39.2. The molecule has 0 aliphatic rings. The van der Waals surface area contributed by atoms with Crippen LogP contribution in [-0.4, -0.2) is 4.92 Å². The molecule has 2 aromatic carbocycles. The molecule has 0 bridgehead atoms. The maximum absolute atomic E-state index is 13.4. The summed E-state index contributed by atoms with van der Waals surface area (Å²) in [5.74, 6) is -2.19. The minimum atomic E-state index is -0.830. The minimum Gasteiger partial charge on any atom is -0.378 e. The highest BCUT2D eigenvalue weighted by atomic mass is 19.1. The van der Waals surface area contributed by atoms with E-state index in [1.165, 1.54) is 0 Å². The van der Waals surface area contributed by atoms with Gasteiger partial charge in [0.05, 0.1) is 16.2 Å². The van der Waals surface area contributed by atoms with Crippen LogP contribution >= 0.6 is 0 Å². The number of hydrogen-bond acceptors (Lipinski definition) is 3. The van der Waals surface area contributed by atoms with Gasteiger partial charge in [-0.3, -0.25) is 10.1 Å². The highest BCUT2D eigenvalue weighted by molar-refractivity contribution is 5.48. The number of anilines is 1. The van der Waals surface area contributed by atoms with Crippen molar-refractivity contribution >= 4 is 11.4 Å². The third-order valence-electron chi connectivity index (χ3n) is 2.64. The van der Waals surface area contributed by atoms with Crippen LogP contribution in [0.15, 0.2) is 36.4 Å². The molecule has 0 radical (unpaired) electrons. The van der Waals surface area contributed by atoms with Crippen molar-refractivity contribution in [1.82, 2.24) is 0 Å². The van der Waals surface area contributed by atoms with Crippen molar-refractivity contribution in [2.24, 2.45) is 0 Å². The van der Waals surface area contributed by atoms with E-state index in [2.05, 4.69) is 5.32 Å². The Bertz CT molecular complexity index is 662. The first-order valence-corrected chi connectivity index (χ1v) is 5.59. The van der Waals surface area contributed by atoms with E-state index in [0.717, 1.165) is 30.3 Å². The summed E-state index contributed by atoms with van der Waals surface area (Å²) in [5.41, 5.74) is -0.231. The Hall–Kier alpha value is -2.57. The van der Waals surface area contributed by atoms with Crippen molar-refractivity contribution in [2.75, 3.05) is 5.32 Å². The molecular formula is C13H9F3N2O2. The Morgan fingerprint density at radius 1 is 1.05 bits per heavy atom. The molecule has 0 saturated heterocycles. The Morgan fingerprint density at radius 3 is 2.35 bits per heavy atom. The van der Waals surface area contributed by atoms with Gasteiger partial charge in [0.1, 0.15) is 17.5 Å². The second kappa shape index (κ2) is 5.60. The minimum absolute atomic E-state index is 0.0232. The highest BCUT2D eigenvalue weighted by Crippen LogP contribution is 2.22. The predicted molar refractivity (Wildman–Crippen MR) is 66.7 cm³/mol. The molecule has 0 aliphatic carbocycles. The zero-order valence-corrected chi connectivity index (χ0v) is 10.1. The molecule has 104 valence electrons. The number of halogens is 3. The summed E-state index contributed by atoms with van der Waals surface area (Å²) in [7, 11) is 0. The maximum atomic E-state index is 13.4. The fourth-order valence-corrected chi connectivity index (χ4v) is 1.70. The molecule has 0 aromatic heterocycles. The lowest BCUT2D eigenvalue weighted by atomic mass is 10.1. The van der Waals surface area contributed by atoms with Crippen LogP contribution in [0.25, 0.3) is 0 Å². The van der Waals surface area contributed by atoms with Crippen molar-refractivity contribution < 1.29 is 18.1 Å². The predicted octanol–water partition coefficient (Wildman–Crippen LogP) is 3.62. The molecule has 0 saturated carbocycles. The van der Waals surface area contributed by atoms with Crippen molar-refractivity contribution in [3.8, 4) is 0 Å². The lowest BCUT2D eigenvalue weighted by Gasteiger charge is -2.08. The number of hydrogen-bond donors (Lipinski definition) is 1. The fourth-order valence-electron chi connectivity index (χ4n) is 1.70. The molecule has 2 rings (SSSR count). The zero-order chi connectivity index (χ0) is 14.7. The largest absolute Gasteiger partial charge is 0.378 e. The van der Waals surface area contributed by atoms with Gasteiger partial charge in [0, 0.05) is 18.7 Å². The average molecular weight is 282 g/mol. The van der Waals surface area contributed by atoms with Crippen LogP contribution in [0.5, 0.6) is 0 Å². The van der Waals surface area contributed by atoms with Crippen molar-refractivity contribution in [3.05, 3.63) is 69.5 Å². The first-order chi connectivity index (χ1) is 9.47. The van der Waals surface area contributed by atoms with E-state index in [1.807, 2.05) is 0 Å². The third kappa shape index (κ3) is 3.05. The van der Waals surface area contributed by atoms with Gasteiger partial charge in [-0.25, -0.2) is 13.2 Å². The van der Waals surface area contributed by atoms with Crippen LogP contribution in [0.3, 0.4) is 0 Å². The van der Waals surface area contributed by atoms with Crippen LogP contribution in [0, 0.1) is 27.6 Å². The summed E-state index contributed by atoms with van der Waals surface area (Å²) in [5, 5.41) is 13.4. The SMILES string of the molecule is O=[N+]([O-])c1ccc(F)cc1CNc1ccc(F)cc1F. The monoisotopic (exact) mass is 282 g/mol. The summed E-state index contributed by atoms with van der Waals surface area (Å²) >= 11 is 0. The fraction of sp³-hybridized carbons (Fsp3) is 0.0769. The zero-order valence-electron chi connectivity index (χ0n) is 10.1. The molecule has 0 unspecified atom stereocenters. The van der Waals surface area contributed by atoms with Gasteiger partial charge in [-0.1, -0.05) is 0 Å². The molecule has 0 amide bonds. The number of nitro benzene ring substituents is 1. The van der Waals surface area contributed by atoms with Gasteiger partial charge >= 0.3 is 0 Å². The molecule has 0 heterocycles. The molecule has 0 aliphatic heterocycles. The van der Waals surface area contributed by atoms with Gasteiger partial charge < -0.3 is 5.32 Å². The van der Waals surface area contributed by atoms with Crippen molar-refractivity contribution in [1.29, 1.82) is 0 Å². The first-order valence-electron chi connectivity index (χ1n) is 5.59. The number of nitrogens with zero attached hydrogens (tertiary/aromatic N) is 1. The summed E-state index contributed by atoms with van der Waals surface area (Å²) in [6.45, 7) is -0.156. The standard InChI is InChI=1S/C13H9F3N2O2/c14-9-2-4-13(18(19)20)8(5-9)7-17-12-3-1-10(15)6-11(12)16/h1-6,17H,7H2. The Morgan fingerprint density at radius 2 is 1.70 bits per heavy atom. The van der Waals surface area contributed by atoms with E-state index in [4.69, 9.17) is 0 Å². The molecule has 20 heavy (non-hydrogen) atoms. The van der Waals surface area contributed by atoms with Crippen LogP contribution in [0.1, 0.15) is 5.56 Å². The van der Waals surface area contributed by atoms with Gasteiger partial charge in [-0.2, -0.15) is 0 Å². The third-order valence-corrected chi connectivity index (χ3v) is 2.64. The maximum Gasteiger partial charge on any atom is 0.274 e. The van der Waals surface area contributed by atoms with Gasteiger partial charge in [0.2, 0.25) is 0 Å². The second-order valence-electron chi connectivity index (χ2n) is 4.01. The second-order valence-corrected chi connectivity index (χ2v) is 4.01. The molecule has 0 spiro atoms. The molecule has 0 fully saturated rings. The van der Waals surface area contributed by atoms with Gasteiger partial charge in [0.15, 0.2) is 0 Å². The summed E-state index contributed by atoms with van der Waals surface area (Å²) in [6.07, 6.45) is 0. The van der Waals surface area contributed by atoms with E-state index >= 15 is 0 Å². The lowest BCUT2D eigenvalue weighted by Crippen LogP contribution is -2.05. The quantitative estimate of drug-likeness (QED) is 0.688. The Balaban J connectivity index is 2.22. The smallest absolute Gasteiger partial charge is 0.274 e. The number of rotatable bonds is 4. The number of nitro groups is 1. The Labute approximate surface area is 112 Å². The van der Waals surface area contributed by atoms with Crippen LogP contribution in [-0.2, 0) is 6.54 Å². The van der Waals surface area contributed by atoms with Crippen molar-refractivity contribution in [3.63, 3.8) is 0 Å². The molecule has 1 N–H and O–H groups in total. The highest BCUT2D eigenvalue weighted by Gasteiger charge is 2.14. The molecule has 4 nitrogen and oxygen atoms in total. The van der Waals surface area contributed by atoms with Gasteiger partial charge in [0.25, 0.3) is 5.69 Å². The molecular weight excluding hydrogens is 273 g/mol. The summed E-state index contributed by atoms with van der Waals surface area (Å²) in [4.78, 5) is 10.1. The Kier molecular flexibility index (Phi) is 3.88. The van der Waals surface area contributed by atoms with E-state index in [-0.39, 0.29) is 23.5 Å². The number of benzene rings is 2. The van der Waals surface area contributed by atoms with Crippen LogP contribution in [0.4, 0.5) is 24.5 Å². The van der Waals surface area contributed by atoms with E-state index in [1.54, 1.807) is 0 Å².